The van der Waals surface area contributed by atoms with E-state index in [0.29, 0.717) is 12.6 Å². The van der Waals surface area contributed by atoms with E-state index in [9.17, 15) is 4.79 Å². The second-order valence-electron chi connectivity index (χ2n) is 3.83. The molecule has 1 N–H and O–H groups in total. The Morgan fingerprint density at radius 1 is 1.61 bits per heavy atom. The third kappa shape index (κ3) is 5.27. The molecule has 102 valence electrons. The number of anilines is 1. The van der Waals surface area contributed by atoms with Crippen LogP contribution in [0.15, 0.2) is 5.38 Å². The zero-order valence-electron chi connectivity index (χ0n) is 11.1. The summed E-state index contributed by atoms with van der Waals surface area (Å²) < 4.78 is 4.90. The number of hydrogen-bond donors (Lipinski definition) is 1. The summed E-state index contributed by atoms with van der Waals surface area (Å²) in [5, 5.41) is 6.18. The lowest BCUT2D eigenvalue weighted by molar-refractivity contribution is -0.142. The van der Waals surface area contributed by atoms with E-state index in [1.165, 1.54) is 11.3 Å². The molecule has 0 saturated heterocycles. The number of aromatic nitrogens is 1. The monoisotopic (exact) mass is 288 g/mol. The largest absolute Gasteiger partial charge is 0.466 e. The first-order valence-electron chi connectivity index (χ1n) is 6.05. The van der Waals surface area contributed by atoms with E-state index in [1.54, 1.807) is 6.92 Å². The molecule has 0 aliphatic carbocycles. The summed E-state index contributed by atoms with van der Waals surface area (Å²) in [4.78, 5) is 15.7. The van der Waals surface area contributed by atoms with Crippen LogP contribution in [0.2, 0.25) is 0 Å². The summed E-state index contributed by atoms with van der Waals surface area (Å²) in [7, 11) is 0. The van der Waals surface area contributed by atoms with Crippen LogP contribution in [0.25, 0.3) is 0 Å². The molecule has 6 heteroatoms. The Kier molecular flexibility index (Phi) is 7.12. The number of nitrogens with zero attached hydrogens (tertiary/aromatic N) is 1. The zero-order chi connectivity index (χ0) is 13.4. The van der Waals surface area contributed by atoms with Crippen LogP contribution in [0.5, 0.6) is 0 Å². The third-order valence-corrected chi connectivity index (χ3v) is 3.93. The highest BCUT2D eigenvalue weighted by molar-refractivity contribution is 7.98. The Balaban J connectivity index is 2.49. The fraction of sp³-hybridized carbons (Fsp3) is 0.667. The van der Waals surface area contributed by atoms with Crippen LogP contribution in [0.4, 0.5) is 5.13 Å². The summed E-state index contributed by atoms with van der Waals surface area (Å²) in [6.45, 7) is 4.38. The number of ether oxygens (including phenoxy) is 1. The van der Waals surface area contributed by atoms with Gasteiger partial charge in [0.25, 0.3) is 0 Å². The van der Waals surface area contributed by atoms with E-state index in [4.69, 9.17) is 4.74 Å². The fourth-order valence-corrected chi connectivity index (χ4v) is 2.96. The van der Waals surface area contributed by atoms with Crippen molar-refractivity contribution >= 4 is 34.2 Å². The van der Waals surface area contributed by atoms with Crippen molar-refractivity contribution in [2.24, 2.45) is 0 Å². The van der Waals surface area contributed by atoms with E-state index in [0.717, 1.165) is 23.0 Å². The van der Waals surface area contributed by atoms with Crippen molar-refractivity contribution in [3.05, 3.63) is 11.1 Å². The highest BCUT2D eigenvalue weighted by Gasteiger charge is 2.11. The summed E-state index contributed by atoms with van der Waals surface area (Å²) in [5.41, 5.74) is 0.778. The minimum absolute atomic E-state index is 0.217. The molecule has 1 aromatic rings. The van der Waals surface area contributed by atoms with Crippen molar-refractivity contribution in [3.8, 4) is 0 Å². The molecule has 0 aliphatic heterocycles. The van der Waals surface area contributed by atoms with E-state index in [1.807, 2.05) is 17.1 Å². The van der Waals surface area contributed by atoms with Gasteiger partial charge >= 0.3 is 5.97 Å². The average Bonchev–Trinajstić information content (AvgIpc) is 2.76. The average molecular weight is 288 g/mol. The molecule has 4 nitrogen and oxygen atoms in total. The van der Waals surface area contributed by atoms with E-state index < -0.39 is 0 Å². The van der Waals surface area contributed by atoms with Crippen LogP contribution >= 0.6 is 23.1 Å². The van der Waals surface area contributed by atoms with Gasteiger partial charge in [-0.25, -0.2) is 4.98 Å². The van der Waals surface area contributed by atoms with Crippen LogP contribution in [0.1, 0.15) is 26.0 Å². The first kappa shape index (κ1) is 15.3. The highest BCUT2D eigenvalue weighted by Crippen LogP contribution is 2.18. The zero-order valence-corrected chi connectivity index (χ0v) is 12.7. The van der Waals surface area contributed by atoms with Crippen molar-refractivity contribution in [2.75, 3.05) is 23.9 Å². The van der Waals surface area contributed by atoms with Gasteiger partial charge in [0.15, 0.2) is 5.13 Å². The molecule has 0 saturated carbocycles. The van der Waals surface area contributed by atoms with E-state index in [-0.39, 0.29) is 12.4 Å². The van der Waals surface area contributed by atoms with Gasteiger partial charge in [0.1, 0.15) is 0 Å². The smallest absolute Gasteiger partial charge is 0.311 e. The minimum Gasteiger partial charge on any atom is -0.466 e. The molecule has 0 spiro atoms. The van der Waals surface area contributed by atoms with Gasteiger partial charge in [0, 0.05) is 17.2 Å². The molecule has 1 atom stereocenters. The molecular weight excluding hydrogens is 268 g/mol. The summed E-state index contributed by atoms with van der Waals surface area (Å²) >= 11 is 3.36. The Labute approximate surface area is 117 Å². The molecule has 0 fully saturated rings. The van der Waals surface area contributed by atoms with Crippen LogP contribution in [0.3, 0.4) is 0 Å². The number of hydrogen-bond acceptors (Lipinski definition) is 6. The number of thioether (sulfide) groups is 1. The van der Waals surface area contributed by atoms with Crippen molar-refractivity contribution in [1.29, 1.82) is 0 Å². The third-order valence-electron chi connectivity index (χ3n) is 2.37. The van der Waals surface area contributed by atoms with E-state index >= 15 is 0 Å². The van der Waals surface area contributed by atoms with Crippen LogP contribution < -0.4 is 5.32 Å². The van der Waals surface area contributed by atoms with Crippen molar-refractivity contribution < 1.29 is 9.53 Å². The minimum atomic E-state index is -0.217. The molecule has 0 amide bonds. The van der Waals surface area contributed by atoms with Gasteiger partial charge in [-0.15, -0.1) is 11.3 Å². The summed E-state index contributed by atoms with van der Waals surface area (Å²) in [5.74, 6) is 0.842. The van der Waals surface area contributed by atoms with Crippen LogP contribution in [-0.2, 0) is 16.0 Å². The molecule has 0 bridgehead atoms. The maximum absolute atomic E-state index is 11.3. The molecule has 0 radical (unpaired) electrons. The van der Waals surface area contributed by atoms with Gasteiger partial charge in [0.2, 0.25) is 0 Å². The quantitative estimate of drug-likeness (QED) is 0.745. The van der Waals surface area contributed by atoms with Gasteiger partial charge < -0.3 is 10.1 Å². The molecule has 1 unspecified atom stereocenters. The number of rotatable bonds is 8. The first-order valence-corrected chi connectivity index (χ1v) is 8.32. The predicted octanol–water partition coefficient (Wildman–Crippen LogP) is 2.80. The summed E-state index contributed by atoms with van der Waals surface area (Å²) in [6, 6.07) is 0.432. The van der Waals surface area contributed by atoms with Gasteiger partial charge in [-0.05, 0) is 19.6 Å². The number of thiazole rings is 1. The maximum atomic E-state index is 11.3. The van der Waals surface area contributed by atoms with Crippen LogP contribution in [0, 0.1) is 0 Å². The molecule has 1 aromatic heterocycles. The first-order chi connectivity index (χ1) is 8.69. The Morgan fingerprint density at radius 2 is 2.39 bits per heavy atom. The predicted molar refractivity (Wildman–Crippen MR) is 78.5 cm³/mol. The second kappa shape index (κ2) is 8.37. The second-order valence-corrected chi connectivity index (χ2v) is 5.60. The Morgan fingerprint density at radius 3 is 3.00 bits per heavy atom. The van der Waals surface area contributed by atoms with Crippen molar-refractivity contribution in [1.82, 2.24) is 4.98 Å². The summed E-state index contributed by atoms with van der Waals surface area (Å²) in [6.07, 6.45) is 3.41. The lowest BCUT2D eigenvalue weighted by Crippen LogP contribution is -2.21. The Bertz CT molecular complexity index is 369. The molecule has 1 heterocycles. The van der Waals surface area contributed by atoms with Crippen molar-refractivity contribution in [2.45, 2.75) is 32.7 Å². The van der Waals surface area contributed by atoms with E-state index in [2.05, 4.69) is 23.5 Å². The van der Waals surface area contributed by atoms with Gasteiger partial charge in [0.05, 0.1) is 18.7 Å². The molecule has 18 heavy (non-hydrogen) atoms. The number of carbonyl (C=O) groups excluding carboxylic acids is 1. The number of carbonyl (C=O) groups is 1. The standard InChI is InChI=1S/C12H20N2O2S2/c1-4-9(7-17-3)13-12-14-10(8-18-12)6-11(15)16-5-2/h8-9H,4-7H2,1-3H3,(H,13,14). The molecule has 1 rings (SSSR count). The maximum Gasteiger partial charge on any atom is 0.311 e. The van der Waals surface area contributed by atoms with Gasteiger partial charge in [-0.3, -0.25) is 4.79 Å². The molecular formula is C12H20N2O2S2. The van der Waals surface area contributed by atoms with Gasteiger partial charge in [-0.1, -0.05) is 6.92 Å². The van der Waals surface area contributed by atoms with Gasteiger partial charge in [-0.2, -0.15) is 11.8 Å². The normalized spacial score (nSPS) is 12.2. The number of esters is 1. The lowest BCUT2D eigenvalue weighted by atomic mass is 10.3. The Hall–Kier alpha value is -0.750. The van der Waals surface area contributed by atoms with Crippen molar-refractivity contribution in [3.63, 3.8) is 0 Å². The lowest BCUT2D eigenvalue weighted by Gasteiger charge is -2.14. The topological polar surface area (TPSA) is 51.2 Å². The van der Waals surface area contributed by atoms with Crippen LogP contribution in [-0.4, -0.2) is 35.6 Å². The number of nitrogens with one attached hydrogen (secondary N) is 1. The SMILES string of the molecule is CCOC(=O)Cc1csc(NC(CC)CSC)n1. The fourth-order valence-electron chi connectivity index (χ4n) is 1.45. The molecule has 0 aromatic carbocycles. The molecule has 0 aliphatic rings. The highest BCUT2D eigenvalue weighted by atomic mass is 32.2.